The van der Waals surface area contributed by atoms with Crippen LogP contribution in [0, 0.1) is 5.92 Å². The molecule has 1 aliphatic heterocycles. The Hall–Kier alpha value is -2.61. The Morgan fingerprint density at radius 1 is 1.23 bits per heavy atom. The van der Waals surface area contributed by atoms with Crippen LogP contribution < -0.4 is 10.9 Å². The molecule has 1 heterocycles. The number of carbonyl (C=O) groups is 3. The molecule has 1 atom stereocenters. The minimum Gasteiger partial charge on any atom is -0.311 e. The van der Waals surface area contributed by atoms with Crippen molar-refractivity contribution in [2.24, 2.45) is 5.92 Å². The van der Waals surface area contributed by atoms with Crippen LogP contribution in [0.3, 0.4) is 0 Å². The summed E-state index contributed by atoms with van der Waals surface area (Å²) in [5.41, 5.74) is 5.73. The van der Waals surface area contributed by atoms with Gasteiger partial charge in [-0.15, -0.1) is 0 Å². The highest BCUT2D eigenvalue weighted by molar-refractivity contribution is 5.89. The number of amides is 4. The van der Waals surface area contributed by atoms with E-state index in [1.807, 2.05) is 30.3 Å². The normalized spacial score (nSPS) is 17.4. The average molecular weight is 362 g/mol. The first-order valence-electron chi connectivity index (χ1n) is 8.78. The van der Waals surface area contributed by atoms with Crippen LogP contribution in [-0.2, 0) is 21.0 Å². The fourth-order valence-electron chi connectivity index (χ4n) is 2.59. The summed E-state index contributed by atoms with van der Waals surface area (Å²) in [6.45, 7) is 6.20. The van der Waals surface area contributed by atoms with E-state index in [2.05, 4.69) is 10.9 Å². The summed E-state index contributed by atoms with van der Waals surface area (Å²) in [5, 5.41) is 1.28. The van der Waals surface area contributed by atoms with Crippen LogP contribution in [-0.4, -0.2) is 46.9 Å². The van der Waals surface area contributed by atoms with Gasteiger partial charge in [-0.1, -0.05) is 44.2 Å². The first-order valence-corrected chi connectivity index (χ1v) is 8.78. The van der Waals surface area contributed by atoms with Crippen molar-refractivity contribution in [1.29, 1.82) is 0 Å². The summed E-state index contributed by atoms with van der Waals surface area (Å²) >= 11 is 0. The molecule has 1 fully saturated rings. The van der Waals surface area contributed by atoms with Gasteiger partial charge >= 0.3 is 6.03 Å². The minimum absolute atomic E-state index is 0.243. The number of likely N-dealkylation sites (N-methyl/N-ethyl adjacent to an activating group) is 1. The average Bonchev–Trinajstić information content (AvgIpc) is 2.65. The summed E-state index contributed by atoms with van der Waals surface area (Å²) in [5.74, 6) is -0.930. The summed E-state index contributed by atoms with van der Waals surface area (Å²) < 4.78 is 0. The Morgan fingerprint density at radius 3 is 2.54 bits per heavy atom. The first-order chi connectivity index (χ1) is 12.4. The molecule has 2 N–H and O–H groups in total. The van der Waals surface area contributed by atoms with Crippen LogP contribution in [0.4, 0.5) is 4.79 Å². The lowest BCUT2D eigenvalue weighted by Gasteiger charge is -2.39. The number of rotatable bonds is 6. The van der Waals surface area contributed by atoms with Gasteiger partial charge in [0.1, 0.15) is 12.6 Å². The van der Waals surface area contributed by atoms with Crippen LogP contribution in [0.25, 0.3) is 0 Å². The molecule has 4 amide bonds. The fraction of sp³-hybridized carbons (Fsp3) is 0.500. The molecule has 0 spiro atoms. The van der Waals surface area contributed by atoms with Gasteiger partial charge in [-0.2, -0.15) is 0 Å². The first kappa shape index (κ1) is 19.7. The van der Waals surface area contributed by atoms with Gasteiger partial charge in [0.05, 0.1) is 6.54 Å². The van der Waals surface area contributed by atoms with Crippen LogP contribution >= 0.6 is 0 Å². The molecule has 0 aromatic heterocycles. The Labute approximate surface area is 153 Å². The molecule has 0 aliphatic carbocycles. The van der Waals surface area contributed by atoms with Crippen molar-refractivity contribution in [3.8, 4) is 0 Å². The SMILES string of the molecule is CCN1C(=O)N(OCc2ccccc2)CC[C@H]1C(=O)NNC(=O)C(C)C. The van der Waals surface area contributed by atoms with E-state index in [0.29, 0.717) is 19.5 Å². The summed E-state index contributed by atoms with van der Waals surface area (Å²) in [6.07, 6.45) is 0.414. The van der Waals surface area contributed by atoms with Gasteiger partial charge < -0.3 is 4.90 Å². The lowest BCUT2D eigenvalue weighted by Crippen LogP contribution is -2.60. The van der Waals surface area contributed by atoms with Crippen LogP contribution in [0.2, 0.25) is 0 Å². The second-order valence-electron chi connectivity index (χ2n) is 6.37. The van der Waals surface area contributed by atoms with Crippen molar-refractivity contribution in [3.63, 3.8) is 0 Å². The molecule has 8 nitrogen and oxygen atoms in total. The number of hydroxylamine groups is 2. The molecule has 0 saturated carbocycles. The van der Waals surface area contributed by atoms with Gasteiger partial charge in [0.25, 0.3) is 5.91 Å². The number of benzene rings is 1. The van der Waals surface area contributed by atoms with Crippen molar-refractivity contribution in [2.45, 2.75) is 39.8 Å². The van der Waals surface area contributed by atoms with Crippen molar-refractivity contribution in [3.05, 3.63) is 35.9 Å². The lowest BCUT2D eigenvalue weighted by atomic mass is 10.1. The third kappa shape index (κ3) is 4.95. The van der Waals surface area contributed by atoms with E-state index < -0.39 is 11.9 Å². The topological polar surface area (TPSA) is 91.0 Å². The highest BCUT2D eigenvalue weighted by Gasteiger charge is 2.37. The zero-order valence-electron chi connectivity index (χ0n) is 15.4. The van der Waals surface area contributed by atoms with E-state index in [4.69, 9.17) is 4.84 Å². The lowest BCUT2D eigenvalue weighted by molar-refractivity contribution is -0.157. The van der Waals surface area contributed by atoms with E-state index in [9.17, 15) is 14.4 Å². The molecule has 0 bridgehead atoms. The molecule has 8 heteroatoms. The number of hydrogen-bond acceptors (Lipinski definition) is 4. The molecule has 142 valence electrons. The third-order valence-corrected chi connectivity index (χ3v) is 4.15. The number of nitrogens with one attached hydrogen (secondary N) is 2. The molecule has 1 aromatic rings. The Kier molecular flexibility index (Phi) is 6.97. The van der Waals surface area contributed by atoms with Crippen LogP contribution in [0.5, 0.6) is 0 Å². The van der Waals surface area contributed by atoms with E-state index in [1.54, 1.807) is 20.8 Å². The maximum Gasteiger partial charge on any atom is 0.344 e. The molecule has 26 heavy (non-hydrogen) atoms. The highest BCUT2D eigenvalue weighted by Crippen LogP contribution is 2.17. The molecule has 2 rings (SSSR count). The molecular weight excluding hydrogens is 336 g/mol. The van der Waals surface area contributed by atoms with Crippen LogP contribution in [0.15, 0.2) is 30.3 Å². The molecule has 1 aliphatic rings. The molecule has 0 unspecified atom stereocenters. The number of carbonyl (C=O) groups excluding carboxylic acids is 3. The predicted molar refractivity (Wildman–Crippen MR) is 95.2 cm³/mol. The van der Waals surface area contributed by atoms with Gasteiger partial charge in [0, 0.05) is 12.5 Å². The Balaban J connectivity index is 1.92. The zero-order valence-corrected chi connectivity index (χ0v) is 15.4. The standard InChI is InChI=1S/C18H26N4O4/c1-4-21-15(17(24)20-19-16(23)13(2)3)10-11-22(18(21)25)26-12-14-8-6-5-7-9-14/h5-9,13,15H,4,10-12H2,1-3H3,(H,19,23)(H,20,24)/t15-/m0/s1. The quantitative estimate of drug-likeness (QED) is 0.749. The Bertz CT molecular complexity index is 635. The second-order valence-corrected chi connectivity index (χ2v) is 6.37. The summed E-state index contributed by atoms with van der Waals surface area (Å²) in [4.78, 5) is 43.6. The van der Waals surface area contributed by atoms with Gasteiger partial charge in [-0.3, -0.25) is 25.3 Å². The zero-order chi connectivity index (χ0) is 19.1. The second kappa shape index (κ2) is 9.19. The number of urea groups is 1. The van der Waals surface area contributed by atoms with Crippen molar-refractivity contribution in [2.75, 3.05) is 13.1 Å². The maximum atomic E-state index is 12.6. The van der Waals surface area contributed by atoms with Gasteiger partial charge in [0.2, 0.25) is 5.91 Å². The largest absolute Gasteiger partial charge is 0.344 e. The highest BCUT2D eigenvalue weighted by atomic mass is 16.7. The molecular formula is C18H26N4O4. The van der Waals surface area contributed by atoms with E-state index in [1.165, 1.54) is 9.96 Å². The van der Waals surface area contributed by atoms with Crippen molar-refractivity contribution in [1.82, 2.24) is 20.8 Å². The van der Waals surface area contributed by atoms with Gasteiger partial charge in [-0.05, 0) is 18.9 Å². The van der Waals surface area contributed by atoms with E-state index in [-0.39, 0.29) is 24.5 Å². The van der Waals surface area contributed by atoms with Gasteiger partial charge in [0.15, 0.2) is 0 Å². The fourth-order valence-corrected chi connectivity index (χ4v) is 2.59. The third-order valence-electron chi connectivity index (χ3n) is 4.15. The van der Waals surface area contributed by atoms with Gasteiger partial charge in [-0.25, -0.2) is 9.86 Å². The maximum absolute atomic E-state index is 12.6. The van der Waals surface area contributed by atoms with E-state index in [0.717, 1.165) is 5.56 Å². The summed E-state index contributed by atoms with van der Waals surface area (Å²) in [7, 11) is 0. The smallest absolute Gasteiger partial charge is 0.311 e. The molecule has 0 radical (unpaired) electrons. The minimum atomic E-state index is -0.642. The van der Waals surface area contributed by atoms with Crippen molar-refractivity contribution >= 4 is 17.8 Å². The monoisotopic (exact) mass is 362 g/mol. The Morgan fingerprint density at radius 2 is 1.92 bits per heavy atom. The number of nitrogens with zero attached hydrogens (tertiary/aromatic N) is 2. The number of hydrogen-bond donors (Lipinski definition) is 2. The molecule has 1 aromatic carbocycles. The summed E-state index contributed by atoms with van der Waals surface area (Å²) in [6, 6.07) is 8.55. The van der Waals surface area contributed by atoms with E-state index >= 15 is 0 Å². The predicted octanol–water partition coefficient (Wildman–Crippen LogP) is 1.44. The number of hydrazine groups is 1. The van der Waals surface area contributed by atoms with Crippen LogP contribution in [0.1, 0.15) is 32.8 Å². The molecule has 1 saturated heterocycles. The van der Waals surface area contributed by atoms with Crippen molar-refractivity contribution < 1.29 is 19.2 Å².